The average molecular weight is 381 g/mol. The molecule has 0 radical (unpaired) electrons. The zero-order valence-corrected chi connectivity index (χ0v) is 16.8. The molecule has 5 nitrogen and oxygen atoms in total. The van der Waals surface area contributed by atoms with Crippen LogP contribution in [0, 0.1) is 5.41 Å². The molecule has 0 spiro atoms. The molecular formula is C23H27NO4. The van der Waals surface area contributed by atoms with Crippen LogP contribution in [0.15, 0.2) is 60.7 Å². The molecule has 2 atom stereocenters. The first-order valence-corrected chi connectivity index (χ1v) is 9.51. The number of benzene rings is 2. The first-order chi connectivity index (χ1) is 13.5. The summed E-state index contributed by atoms with van der Waals surface area (Å²) in [5, 5.41) is 0. The van der Waals surface area contributed by atoms with Crippen molar-refractivity contribution in [1.82, 2.24) is 4.90 Å². The van der Waals surface area contributed by atoms with Gasteiger partial charge in [-0.05, 0) is 31.4 Å². The van der Waals surface area contributed by atoms with Gasteiger partial charge >= 0.3 is 11.9 Å². The van der Waals surface area contributed by atoms with Gasteiger partial charge < -0.3 is 9.47 Å². The number of esters is 2. The second kappa shape index (κ2) is 8.15. The van der Waals surface area contributed by atoms with E-state index in [0.29, 0.717) is 6.42 Å². The number of methoxy groups -OCH3 is 2. The number of hydrogen-bond acceptors (Lipinski definition) is 5. The van der Waals surface area contributed by atoms with E-state index in [0.717, 1.165) is 11.1 Å². The number of rotatable bonds is 5. The highest BCUT2D eigenvalue weighted by Crippen LogP contribution is 2.57. The molecule has 0 N–H and O–H groups in total. The lowest BCUT2D eigenvalue weighted by Crippen LogP contribution is -2.47. The van der Waals surface area contributed by atoms with E-state index in [1.807, 2.05) is 60.7 Å². The van der Waals surface area contributed by atoms with E-state index in [2.05, 4.69) is 18.7 Å². The van der Waals surface area contributed by atoms with Gasteiger partial charge in [0.25, 0.3) is 0 Å². The summed E-state index contributed by atoms with van der Waals surface area (Å²) in [5.74, 6) is -1.12. The highest BCUT2D eigenvalue weighted by Gasteiger charge is 2.64. The van der Waals surface area contributed by atoms with Gasteiger partial charge in [-0.25, -0.2) is 0 Å². The molecule has 2 aromatic rings. The van der Waals surface area contributed by atoms with Gasteiger partial charge in [0.1, 0.15) is 0 Å². The van der Waals surface area contributed by atoms with Gasteiger partial charge in [0, 0.05) is 12.1 Å². The van der Waals surface area contributed by atoms with Gasteiger partial charge in [-0.2, -0.15) is 0 Å². The minimum absolute atomic E-state index is 0.0894. The maximum atomic E-state index is 13.1. The molecule has 0 bridgehead atoms. The molecule has 28 heavy (non-hydrogen) atoms. The lowest BCUT2D eigenvalue weighted by atomic mass is 9.75. The summed E-state index contributed by atoms with van der Waals surface area (Å²) in [6.45, 7) is 4.16. The second-order valence-corrected chi connectivity index (χ2v) is 7.44. The van der Waals surface area contributed by atoms with E-state index in [9.17, 15) is 9.59 Å². The molecule has 1 fully saturated rings. The first-order valence-electron chi connectivity index (χ1n) is 9.51. The summed E-state index contributed by atoms with van der Waals surface area (Å²) in [4.78, 5) is 28.5. The highest BCUT2D eigenvalue weighted by atomic mass is 16.5. The summed E-state index contributed by atoms with van der Waals surface area (Å²) in [7, 11) is 2.65. The van der Waals surface area contributed by atoms with Crippen molar-refractivity contribution in [3.05, 3.63) is 71.8 Å². The van der Waals surface area contributed by atoms with Crippen molar-refractivity contribution >= 4 is 11.9 Å². The molecule has 0 saturated carbocycles. The van der Waals surface area contributed by atoms with Crippen LogP contribution < -0.4 is 0 Å². The summed E-state index contributed by atoms with van der Waals surface area (Å²) >= 11 is 0. The monoisotopic (exact) mass is 381 g/mol. The van der Waals surface area contributed by atoms with Crippen LogP contribution in [0.2, 0.25) is 0 Å². The quantitative estimate of drug-likeness (QED) is 0.580. The first kappa shape index (κ1) is 20.1. The molecule has 0 unspecified atom stereocenters. The minimum atomic E-state index is -1.43. The number of nitrogens with zero attached hydrogens (tertiary/aromatic N) is 1. The number of carbonyl (C=O) groups is 2. The van der Waals surface area contributed by atoms with Crippen LogP contribution in [-0.2, 0) is 19.1 Å². The normalized spacial score (nSPS) is 21.5. The number of likely N-dealkylation sites (tertiary alicyclic amines) is 1. The van der Waals surface area contributed by atoms with Gasteiger partial charge in [0.05, 0.1) is 20.3 Å². The van der Waals surface area contributed by atoms with Crippen molar-refractivity contribution in [2.24, 2.45) is 5.41 Å². The molecular weight excluding hydrogens is 354 g/mol. The average Bonchev–Trinajstić information content (AvgIpc) is 3.11. The van der Waals surface area contributed by atoms with E-state index in [1.165, 1.54) is 14.2 Å². The smallest absolute Gasteiger partial charge is 0.325 e. The fourth-order valence-corrected chi connectivity index (χ4v) is 4.51. The van der Waals surface area contributed by atoms with Gasteiger partial charge in [0.15, 0.2) is 5.41 Å². The van der Waals surface area contributed by atoms with Crippen molar-refractivity contribution in [3.63, 3.8) is 0 Å². The molecule has 0 aliphatic carbocycles. The van der Waals surface area contributed by atoms with Crippen molar-refractivity contribution in [1.29, 1.82) is 0 Å². The molecule has 148 valence electrons. The lowest BCUT2D eigenvalue weighted by molar-refractivity contribution is -0.171. The molecule has 0 aromatic heterocycles. The van der Waals surface area contributed by atoms with Crippen LogP contribution in [-0.4, -0.2) is 37.1 Å². The summed E-state index contributed by atoms with van der Waals surface area (Å²) in [5.41, 5.74) is 0.521. The van der Waals surface area contributed by atoms with Crippen LogP contribution in [0.4, 0.5) is 0 Å². The van der Waals surface area contributed by atoms with Crippen molar-refractivity contribution in [2.45, 2.75) is 38.4 Å². The Kier molecular flexibility index (Phi) is 5.84. The van der Waals surface area contributed by atoms with Gasteiger partial charge in [-0.15, -0.1) is 0 Å². The Hall–Kier alpha value is -2.66. The molecule has 1 heterocycles. The predicted octanol–water partition coefficient (Wildman–Crippen LogP) is 3.92. The van der Waals surface area contributed by atoms with E-state index in [4.69, 9.17) is 9.47 Å². The Labute approximate surface area is 166 Å². The minimum Gasteiger partial charge on any atom is -0.468 e. The Morgan fingerprint density at radius 2 is 1.36 bits per heavy atom. The Morgan fingerprint density at radius 1 is 0.893 bits per heavy atom. The van der Waals surface area contributed by atoms with Crippen molar-refractivity contribution < 1.29 is 19.1 Å². The molecule has 1 saturated heterocycles. The number of ether oxygens (including phenoxy) is 2. The third-order valence-electron chi connectivity index (χ3n) is 5.64. The Bertz CT molecular complexity index is 803. The van der Waals surface area contributed by atoms with E-state index < -0.39 is 23.4 Å². The molecule has 1 aliphatic heterocycles. The number of carbonyl (C=O) groups excluding carboxylic acids is 2. The van der Waals surface area contributed by atoms with Crippen LogP contribution in [0.5, 0.6) is 0 Å². The molecule has 3 rings (SSSR count). The van der Waals surface area contributed by atoms with E-state index in [1.54, 1.807) is 0 Å². The molecule has 5 heteroatoms. The second-order valence-electron chi connectivity index (χ2n) is 7.44. The summed E-state index contributed by atoms with van der Waals surface area (Å²) < 4.78 is 10.3. The molecule has 0 amide bonds. The molecule has 1 aliphatic rings. The Morgan fingerprint density at radius 3 is 1.79 bits per heavy atom. The fraction of sp³-hybridized carbons (Fsp3) is 0.391. The Balaban J connectivity index is 2.26. The molecule has 2 aromatic carbocycles. The van der Waals surface area contributed by atoms with Crippen molar-refractivity contribution in [3.8, 4) is 0 Å². The lowest BCUT2D eigenvalue weighted by Gasteiger charge is -2.37. The van der Waals surface area contributed by atoms with E-state index in [-0.39, 0.29) is 12.1 Å². The predicted molar refractivity (Wildman–Crippen MR) is 106 cm³/mol. The van der Waals surface area contributed by atoms with Crippen LogP contribution >= 0.6 is 0 Å². The maximum absolute atomic E-state index is 13.1. The van der Waals surface area contributed by atoms with Gasteiger partial charge in [0.2, 0.25) is 0 Å². The SMILES string of the molecule is COC(=O)C1(C(=O)OC)C[C@H](c2ccccc2)N(C(C)C)[C@@H]1c1ccccc1. The zero-order valence-electron chi connectivity index (χ0n) is 16.8. The summed E-state index contributed by atoms with van der Waals surface area (Å²) in [6, 6.07) is 19.1. The third-order valence-corrected chi connectivity index (χ3v) is 5.64. The number of hydrogen-bond donors (Lipinski definition) is 0. The van der Waals surface area contributed by atoms with Gasteiger partial charge in [-0.3, -0.25) is 14.5 Å². The maximum Gasteiger partial charge on any atom is 0.325 e. The topological polar surface area (TPSA) is 55.8 Å². The summed E-state index contributed by atoms with van der Waals surface area (Å²) in [6.07, 6.45) is 0.300. The third kappa shape index (κ3) is 3.20. The van der Waals surface area contributed by atoms with Gasteiger partial charge in [-0.1, -0.05) is 60.7 Å². The van der Waals surface area contributed by atoms with E-state index >= 15 is 0 Å². The van der Waals surface area contributed by atoms with Crippen LogP contribution in [0.3, 0.4) is 0 Å². The van der Waals surface area contributed by atoms with Crippen molar-refractivity contribution in [2.75, 3.05) is 14.2 Å². The van der Waals surface area contributed by atoms with Crippen LogP contribution in [0.1, 0.15) is 43.5 Å². The highest BCUT2D eigenvalue weighted by molar-refractivity contribution is 6.01. The fourth-order valence-electron chi connectivity index (χ4n) is 4.51. The largest absolute Gasteiger partial charge is 0.468 e. The van der Waals surface area contributed by atoms with Crippen LogP contribution in [0.25, 0.3) is 0 Å². The standard InChI is InChI=1S/C23H27NO4/c1-16(2)24-19(17-11-7-5-8-12-17)15-23(21(25)27-3,22(26)28-4)20(24)18-13-9-6-10-14-18/h5-14,16,19-20H,15H2,1-4H3/t19-,20-/m1/s1. The zero-order chi connectivity index (χ0) is 20.3.